The molecule has 18 heavy (non-hydrogen) atoms. The Morgan fingerprint density at radius 3 is 2.61 bits per heavy atom. The van der Waals surface area contributed by atoms with Gasteiger partial charge in [0.2, 0.25) is 0 Å². The Hall–Kier alpha value is -1.55. The Bertz CT molecular complexity index is 458. The summed E-state index contributed by atoms with van der Waals surface area (Å²) >= 11 is 5.96. The number of anilines is 1. The van der Waals surface area contributed by atoms with Gasteiger partial charge in [-0.1, -0.05) is 31.5 Å². The number of esters is 1. The summed E-state index contributed by atoms with van der Waals surface area (Å²) in [5.74, 6) is -1.06. The smallest absolute Gasteiger partial charge is 0.308 e. The summed E-state index contributed by atoms with van der Waals surface area (Å²) in [6.07, 6.45) is 0. The fourth-order valence-electron chi connectivity index (χ4n) is 1.21. The van der Waals surface area contributed by atoms with Gasteiger partial charge in [-0.2, -0.15) is 0 Å². The lowest BCUT2D eigenvalue weighted by atomic mass is 10.2. The molecule has 1 rings (SSSR count). The highest BCUT2D eigenvalue weighted by molar-refractivity contribution is 6.33. The van der Waals surface area contributed by atoms with Crippen molar-refractivity contribution in [2.24, 2.45) is 5.92 Å². The fraction of sp³-hybridized carbons (Fsp3) is 0.385. The topological polar surface area (TPSA) is 55.4 Å². The number of ether oxygens (including phenoxy) is 1. The normalized spacial score (nSPS) is 10.3. The molecule has 1 aromatic rings. The van der Waals surface area contributed by atoms with Gasteiger partial charge in [0.15, 0.2) is 6.61 Å². The molecule has 0 atom stereocenters. The van der Waals surface area contributed by atoms with E-state index < -0.39 is 11.9 Å². The first-order chi connectivity index (χ1) is 8.40. The molecular weight excluding hydrogens is 254 g/mol. The third-order valence-corrected chi connectivity index (χ3v) is 2.53. The molecule has 1 N–H and O–H groups in total. The van der Waals surface area contributed by atoms with Crippen molar-refractivity contribution in [1.29, 1.82) is 0 Å². The van der Waals surface area contributed by atoms with Crippen LogP contribution in [0, 0.1) is 12.8 Å². The van der Waals surface area contributed by atoms with E-state index in [-0.39, 0.29) is 12.5 Å². The van der Waals surface area contributed by atoms with Gasteiger partial charge in [0.25, 0.3) is 5.91 Å². The molecule has 0 aromatic heterocycles. The van der Waals surface area contributed by atoms with Crippen LogP contribution < -0.4 is 5.32 Å². The summed E-state index contributed by atoms with van der Waals surface area (Å²) in [5.41, 5.74) is 1.51. The number of aryl methyl sites for hydroxylation is 1. The van der Waals surface area contributed by atoms with Gasteiger partial charge < -0.3 is 10.1 Å². The zero-order chi connectivity index (χ0) is 13.7. The van der Waals surface area contributed by atoms with E-state index in [9.17, 15) is 9.59 Å². The SMILES string of the molecule is Cc1ccc(NC(=O)COC(=O)C(C)C)c(Cl)c1. The van der Waals surface area contributed by atoms with Crippen LogP contribution in [0.15, 0.2) is 18.2 Å². The highest BCUT2D eigenvalue weighted by Crippen LogP contribution is 2.22. The molecule has 5 heteroatoms. The van der Waals surface area contributed by atoms with Crippen LogP contribution in [-0.4, -0.2) is 18.5 Å². The lowest BCUT2D eigenvalue weighted by Gasteiger charge is -2.09. The quantitative estimate of drug-likeness (QED) is 0.855. The van der Waals surface area contributed by atoms with Crippen molar-refractivity contribution in [3.63, 3.8) is 0 Å². The predicted molar refractivity (Wildman–Crippen MR) is 70.6 cm³/mol. The van der Waals surface area contributed by atoms with Crippen LogP contribution in [0.5, 0.6) is 0 Å². The molecule has 1 aromatic carbocycles. The molecule has 98 valence electrons. The van der Waals surface area contributed by atoms with Gasteiger partial charge in [0.1, 0.15) is 0 Å². The first-order valence-corrected chi connectivity index (χ1v) is 6.00. The molecule has 4 nitrogen and oxygen atoms in total. The van der Waals surface area contributed by atoms with Crippen LogP contribution in [0.2, 0.25) is 5.02 Å². The molecular formula is C13H16ClNO3. The number of carbonyl (C=O) groups is 2. The van der Waals surface area contributed by atoms with Crippen molar-refractivity contribution in [2.75, 3.05) is 11.9 Å². The van der Waals surface area contributed by atoms with Gasteiger partial charge in [0.05, 0.1) is 16.6 Å². The maximum atomic E-state index is 11.5. The van der Waals surface area contributed by atoms with Crippen molar-refractivity contribution in [3.8, 4) is 0 Å². The lowest BCUT2D eigenvalue weighted by Crippen LogP contribution is -2.22. The van der Waals surface area contributed by atoms with E-state index >= 15 is 0 Å². The van der Waals surface area contributed by atoms with Gasteiger partial charge in [-0.3, -0.25) is 9.59 Å². The van der Waals surface area contributed by atoms with Crippen molar-refractivity contribution in [3.05, 3.63) is 28.8 Å². The van der Waals surface area contributed by atoms with Gasteiger partial charge in [-0.05, 0) is 24.6 Å². The fourth-order valence-corrected chi connectivity index (χ4v) is 1.49. The predicted octanol–water partition coefficient (Wildman–Crippen LogP) is 2.79. The number of amides is 1. The van der Waals surface area contributed by atoms with Gasteiger partial charge in [-0.15, -0.1) is 0 Å². The van der Waals surface area contributed by atoms with E-state index in [1.165, 1.54) is 0 Å². The standard InChI is InChI=1S/C13H16ClNO3/c1-8(2)13(17)18-7-12(16)15-11-5-4-9(3)6-10(11)14/h4-6,8H,7H2,1-3H3,(H,15,16). The van der Waals surface area contributed by atoms with Crippen LogP contribution in [0.3, 0.4) is 0 Å². The van der Waals surface area contributed by atoms with Crippen LogP contribution in [0.4, 0.5) is 5.69 Å². The number of hydrogen-bond donors (Lipinski definition) is 1. The van der Waals surface area contributed by atoms with Gasteiger partial charge >= 0.3 is 5.97 Å². The second-order valence-corrected chi connectivity index (χ2v) is 4.70. The van der Waals surface area contributed by atoms with Crippen molar-refractivity contribution in [1.82, 2.24) is 0 Å². The molecule has 0 aliphatic heterocycles. The molecule has 0 fully saturated rings. The average Bonchev–Trinajstić information content (AvgIpc) is 2.29. The minimum Gasteiger partial charge on any atom is -0.455 e. The molecule has 0 radical (unpaired) electrons. The molecule has 1 amide bonds. The summed E-state index contributed by atoms with van der Waals surface area (Å²) in [6.45, 7) is 5.01. The van der Waals surface area contributed by atoms with Crippen molar-refractivity contribution in [2.45, 2.75) is 20.8 Å². The third kappa shape index (κ3) is 4.37. The second kappa shape index (κ2) is 6.40. The molecule has 0 bridgehead atoms. The zero-order valence-electron chi connectivity index (χ0n) is 10.6. The minimum atomic E-state index is -0.408. The summed E-state index contributed by atoms with van der Waals surface area (Å²) in [5, 5.41) is 3.04. The highest BCUT2D eigenvalue weighted by Gasteiger charge is 2.12. The molecule has 0 saturated heterocycles. The number of rotatable bonds is 4. The van der Waals surface area contributed by atoms with E-state index in [1.54, 1.807) is 26.0 Å². The molecule has 0 saturated carbocycles. The third-order valence-electron chi connectivity index (χ3n) is 2.22. The average molecular weight is 270 g/mol. The summed E-state index contributed by atoms with van der Waals surface area (Å²) in [6, 6.07) is 5.29. The number of nitrogens with one attached hydrogen (secondary N) is 1. The molecule has 0 heterocycles. The van der Waals surface area contributed by atoms with Crippen LogP contribution in [0.1, 0.15) is 19.4 Å². The summed E-state index contributed by atoms with van der Waals surface area (Å²) < 4.78 is 4.81. The summed E-state index contributed by atoms with van der Waals surface area (Å²) in [4.78, 5) is 22.7. The van der Waals surface area contributed by atoms with E-state index in [4.69, 9.17) is 16.3 Å². The maximum absolute atomic E-state index is 11.5. The summed E-state index contributed by atoms with van der Waals surface area (Å²) in [7, 11) is 0. The van der Waals surface area contributed by atoms with Crippen LogP contribution in [0.25, 0.3) is 0 Å². The van der Waals surface area contributed by atoms with E-state index in [0.29, 0.717) is 10.7 Å². The number of halogens is 1. The number of carbonyl (C=O) groups excluding carboxylic acids is 2. The van der Waals surface area contributed by atoms with Gasteiger partial charge in [-0.25, -0.2) is 0 Å². The van der Waals surface area contributed by atoms with E-state index in [1.807, 2.05) is 13.0 Å². The maximum Gasteiger partial charge on any atom is 0.308 e. The van der Waals surface area contributed by atoms with Crippen LogP contribution >= 0.6 is 11.6 Å². The van der Waals surface area contributed by atoms with E-state index in [0.717, 1.165) is 5.56 Å². The van der Waals surface area contributed by atoms with Crippen molar-refractivity contribution >= 4 is 29.2 Å². The van der Waals surface area contributed by atoms with E-state index in [2.05, 4.69) is 5.32 Å². The molecule has 0 aliphatic rings. The minimum absolute atomic E-state index is 0.249. The van der Waals surface area contributed by atoms with Crippen molar-refractivity contribution < 1.29 is 14.3 Å². The Morgan fingerprint density at radius 1 is 1.39 bits per heavy atom. The van der Waals surface area contributed by atoms with Gasteiger partial charge in [0, 0.05) is 0 Å². The largest absolute Gasteiger partial charge is 0.455 e. The Kier molecular flexibility index (Phi) is 5.16. The highest BCUT2D eigenvalue weighted by atomic mass is 35.5. The molecule has 0 aliphatic carbocycles. The Morgan fingerprint density at radius 2 is 2.06 bits per heavy atom. The second-order valence-electron chi connectivity index (χ2n) is 4.29. The monoisotopic (exact) mass is 269 g/mol. The number of benzene rings is 1. The zero-order valence-corrected chi connectivity index (χ0v) is 11.4. The molecule has 0 unspecified atom stereocenters. The first kappa shape index (κ1) is 14.5. The first-order valence-electron chi connectivity index (χ1n) is 5.62. The Balaban J connectivity index is 2.52. The van der Waals surface area contributed by atoms with Crippen LogP contribution in [-0.2, 0) is 14.3 Å². The Labute approximate surface area is 111 Å². The lowest BCUT2D eigenvalue weighted by molar-refractivity contribution is -0.150. The molecule has 0 spiro atoms. The number of hydrogen-bond acceptors (Lipinski definition) is 3.